The van der Waals surface area contributed by atoms with Crippen LogP contribution in [0.15, 0.2) is 17.3 Å². The van der Waals surface area contributed by atoms with Gasteiger partial charge < -0.3 is 4.90 Å². The predicted molar refractivity (Wildman–Crippen MR) is 39.5 cm³/mol. The highest BCUT2D eigenvalue weighted by atomic mass is 15.2. The monoisotopic (exact) mass is 124 g/mol. The molecule has 0 aromatic rings. The lowest BCUT2D eigenvalue weighted by molar-refractivity contribution is 0.621. The number of nitrogens with zero attached hydrogens (tertiary/aromatic N) is 2. The van der Waals surface area contributed by atoms with E-state index in [2.05, 4.69) is 29.1 Å². The third kappa shape index (κ3) is 1.88. The molecule has 0 N–H and O–H groups in total. The fraction of sp³-hybridized carbons (Fsp3) is 0.571. The molecule has 0 saturated heterocycles. The molecule has 0 aliphatic carbocycles. The van der Waals surface area contributed by atoms with Crippen molar-refractivity contribution in [2.24, 2.45) is 4.99 Å². The summed E-state index contributed by atoms with van der Waals surface area (Å²) in [6, 6.07) is 0. The fourth-order valence-corrected chi connectivity index (χ4v) is 0.747. The molecular formula is C7H12N2. The lowest BCUT2D eigenvalue weighted by Crippen LogP contribution is -2.10. The molecule has 0 radical (unpaired) electrons. The van der Waals surface area contributed by atoms with Crippen molar-refractivity contribution < 1.29 is 0 Å². The van der Waals surface area contributed by atoms with Crippen LogP contribution < -0.4 is 0 Å². The van der Waals surface area contributed by atoms with E-state index in [1.54, 1.807) is 0 Å². The second-order valence-electron chi connectivity index (χ2n) is 2.05. The molecule has 0 spiro atoms. The van der Waals surface area contributed by atoms with Crippen molar-refractivity contribution >= 4 is 6.34 Å². The number of hydrogen-bond donors (Lipinski definition) is 0. The van der Waals surface area contributed by atoms with Crippen molar-refractivity contribution in [2.45, 2.75) is 13.3 Å². The van der Waals surface area contributed by atoms with Gasteiger partial charge in [-0.3, -0.25) is 4.99 Å². The standard InChI is InChI=1S/C7H12N2/c1-2-3-5-9-6-4-8-7-9/h3,5,7H,2,4,6H2,1H3/b5-3-. The van der Waals surface area contributed by atoms with E-state index >= 15 is 0 Å². The van der Waals surface area contributed by atoms with Gasteiger partial charge in [0.15, 0.2) is 0 Å². The van der Waals surface area contributed by atoms with Crippen LogP contribution in [0.1, 0.15) is 13.3 Å². The Morgan fingerprint density at radius 3 is 3.22 bits per heavy atom. The molecule has 50 valence electrons. The average molecular weight is 124 g/mol. The van der Waals surface area contributed by atoms with Gasteiger partial charge in [-0.15, -0.1) is 0 Å². The molecule has 1 aliphatic heterocycles. The summed E-state index contributed by atoms with van der Waals surface area (Å²) in [7, 11) is 0. The molecule has 0 bridgehead atoms. The molecule has 0 aromatic carbocycles. The minimum absolute atomic E-state index is 0.952. The van der Waals surface area contributed by atoms with Crippen LogP contribution in [0.5, 0.6) is 0 Å². The van der Waals surface area contributed by atoms with Crippen LogP contribution in [0.3, 0.4) is 0 Å². The van der Waals surface area contributed by atoms with Crippen LogP contribution >= 0.6 is 0 Å². The Bertz CT molecular complexity index is 127. The summed E-state index contributed by atoms with van der Waals surface area (Å²) in [5.41, 5.74) is 0. The summed E-state index contributed by atoms with van der Waals surface area (Å²) in [5.74, 6) is 0. The molecule has 0 fully saturated rings. The van der Waals surface area contributed by atoms with Gasteiger partial charge in [-0.05, 0) is 6.42 Å². The minimum atomic E-state index is 0.952. The van der Waals surface area contributed by atoms with Gasteiger partial charge in [0.2, 0.25) is 0 Å². The lowest BCUT2D eigenvalue weighted by atomic mass is 10.4. The largest absolute Gasteiger partial charge is 0.338 e. The van der Waals surface area contributed by atoms with E-state index in [-0.39, 0.29) is 0 Å². The van der Waals surface area contributed by atoms with E-state index in [1.807, 2.05) is 6.34 Å². The molecule has 1 aliphatic rings. The topological polar surface area (TPSA) is 15.6 Å². The van der Waals surface area contributed by atoms with Gasteiger partial charge in [0, 0.05) is 12.7 Å². The molecule has 0 unspecified atom stereocenters. The van der Waals surface area contributed by atoms with Crippen molar-refractivity contribution in [3.05, 3.63) is 12.3 Å². The molecule has 1 rings (SSSR count). The summed E-state index contributed by atoms with van der Waals surface area (Å²) in [6.45, 7) is 4.13. The molecule has 9 heavy (non-hydrogen) atoms. The molecular weight excluding hydrogens is 112 g/mol. The van der Waals surface area contributed by atoms with Crippen LogP contribution in [-0.4, -0.2) is 24.3 Å². The van der Waals surface area contributed by atoms with Crippen LogP contribution in [0.4, 0.5) is 0 Å². The first-order valence-corrected chi connectivity index (χ1v) is 3.36. The predicted octanol–water partition coefficient (Wildman–Crippen LogP) is 1.25. The van der Waals surface area contributed by atoms with E-state index in [0.717, 1.165) is 19.5 Å². The summed E-state index contributed by atoms with van der Waals surface area (Å²) >= 11 is 0. The first-order valence-electron chi connectivity index (χ1n) is 3.36. The van der Waals surface area contributed by atoms with E-state index in [4.69, 9.17) is 0 Å². The van der Waals surface area contributed by atoms with Crippen LogP contribution in [0, 0.1) is 0 Å². The summed E-state index contributed by atoms with van der Waals surface area (Å²) in [5, 5.41) is 0. The van der Waals surface area contributed by atoms with E-state index in [9.17, 15) is 0 Å². The van der Waals surface area contributed by atoms with Gasteiger partial charge in [-0.1, -0.05) is 13.0 Å². The summed E-state index contributed by atoms with van der Waals surface area (Å²) < 4.78 is 0. The van der Waals surface area contributed by atoms with Crippen LogP contribution in [-0.2, 0) is 0 Å². The van der Waals surface area contributed by atoms with Crippen molar-refractivity contribution in [2.75, 3.05) is 13.1 Å². The van der Waals surface area contributed by atoms with Crippen molar-refractivity contribution in [3.8, 4) is 0 Å². The van der Waals surface area contributed by atoms with Crippen LogP contribution in [0.25, 0.3) is 0 Å². The highest BCUT2D eigenvalue weighted by Gasteiger charge is 1.97. The van der Waals surface area contributed by atoms with E-state index < -0.39 is 0 Å². The maximum Gasteiger partial charge on any atom is 0.0890 e. The van der Waals surface area contributed by atoms with Gasteiger partial charge in [0.1, 0.15) is 0 Å². The molecule has 2 nitrogen and oxygen atoms in total. The average Bonchev–Trinajstić information content (AvgIpc) is 2.34. The molecule has 0 atom stereocenters. The van der Waals surface area contributed by atoms with Gasteiger partial charge in [-0.25, -0.2) is 0 Å². The normalized spacial score (nSPS) is 18.1. The highest BCUT2D eigenvalue weighted by molar-refractivity contribution is 5.58. The number of hydrogen-bond acceptors (Lipinski definition) is 2. The first-order chi connectivity index (χ1) is 4.43. The molecule has 0 saturated carbocycles. The second-order valence-corrected chi connectivity index (χ2v) is 2.05. The first kappa shape index (κ1) is 6.33. The number of allylic oxidation sites excluding steroid dienone is 1. The lowest BCUT2D eigenvalue weighted by Gasteiger charge is -2.04. The minimum Gasteiger partial charge on any atom is -0.338 e. The smallest absolute Gasteiger partial charge is 0.0890 e. The third-order valence-corrected chi connectivity index (χ3v) is 1.25. The zero-order valence-electron chi connectivity index (χ0n) is 5.75. The highest BCUT2D eigenvalue weighted by Crippen LogP contribution is 1.93. The van der Waals surface area contributed by atoms with Gasteiger partial charge >= 0.3 is 0 Å². The third-order valence-electron chi connectivity index (χ3n) is 1.25. The molecule has 2 heteroatoms. The molecule has 0 aromatic heterocycles. The van der Waals surface area contributed by atoms with Gasteiger partial charge in [0.05, 0.1) is 12.9 Å². The summed E-state index contributed by atoms with van der Waals surface area (Å²) in [4.78, 5) is 6.17. The maximum absolute atomic E-state index is 4.07. The zero-order chi connectivity index (χ0) is 6.53. The quantitative estimate of drug-likeness (QED) is 0.541. The summed E-state index contributed by atoms with van der Waals surface area (Å²) in [6.07, 6.45) is 7.20. The SMILES string of the molecule is CC/C=C\N1C=NCC1. The molecule has 1 heterocycles. The Labute approximate surface area is 55.9 Å². The van der Waals surface area contributed by atoms with Gasteiger partial charge in [0.25, 0.3) is 0 Å². The van der Waals surface area contributed by atoms with Crippen molar-refractivity contribution in [1.29, 1.82) is 0 Å². The number of aliphatic imine (C=N–C) groups is 1. The van der Waals surface area contributed by atoms with Crippen molar-refractivity contribution in [1.82, 2.24) is 4.90 Å². The Morgan fingerprint density at radius 1 is 1.78 bits per heavy atom. The van der Waals surface area contributed by atoms with E-state index in [1.165, 1.54) is 0 Å². The Balaban J connectivity index is 2.27. The van der Waals surface area contributed by atoms with Gasteiger partial charge in [-0.2, -0.15) is 0 Å². The fourth-order valence-electron chi connectivity index (χ4n) is 0.747. The van der Waals surface area contributed by atoms with E-state index in [0.29, 0.717) is 0 Å². The molecule has 0 amide bonds. The Hall–Kier alpha value is -0.790. The number of rotatable bonds is 2. The zero-order valence-corrected chi connectivity index (χ0v) is 5.75. The Kier molecular flexibility index (Phi) is 2.31. The van der Waals surface area contributed by atoms with Crippen molar-refractivity contribution in [3.63, 3.8) is 0 Å². The maximum atomic E-state index is 4.07. The van der Waals surface area contributed by atoms with Crippen LogP contribution in [0.2, 0.25) is 0 Å². The Morgan fingerprint density at radius 2 is 2.67 bits per heavy atom. The second kappa shape index (κ2) is 3.28.